The minimum atomic E-state index is -4.80. The highest BCUT2D eigenvalue weighted by Crippen LogP contribution is 2.40. The number of alkyl halides is 3. The highest BCUT2D eigenvalue weighted by Gasteiger charge is 2.51. The Hall–Kier alpha value is -7.66. The van der Waals surface area contributed by atoms with Gasteiger partial charge in [-0.1, -0.05) is 32.9 Å². The average Bonchev–Trinajstić information content (AvgIpc) is 4.16. The van der Waals surface area contributed by atoms with Crippen LogP contribution in [0.1, 0.15) is 82.4 Å². The number of carbonyl (C=O) groups excluding carboxylic acids is 3. The molecule has 7 heterocycles. The summed E-state index contributed by atoms with van der Waals surface area (Å²) >= 11 is 5.69. The van der Waals surface area contributed by atoms with Crippen LogP contribution in [0.25, 0.3) is 16.8 Å². The lowest BCUT2D eigenvalue weighted by molar-refractivity contribution is -0.142. The maximum Gasteiger partial charge on any atom is 0.417 e. The van der Waals surface area contributed by atoms with Crippen LogP contribution in [-0.2, 0) is 27.1 Å². The van der Waals surface area contributed by atoms with Crippen molar-refractivity contribution in [3.8, 4) is 28.8 Å². The number of carbonyl (C=O) groups is 3. The number of thiocarbonyl (C=S) groups is 1. The number of halogens is 3. The molecule has 9 rings (SSSR count). The fourth-order valence-corrected chi connectivity index (χ4v) is 10.5. The van der Waals surface area contributed by atoms with Crippen molar-refractivity contribution in [2.75, 3.05) is 34.3 Å². The molecule has 3 saturated heterocycles. The van der Waals surface area contributed by atoms with Gasteiger partial charge in [0.25, 0.3) is 5.91 Å². The quantitative estimate of drug-likeness (QED) is 0.110. The predicted octanol–water partition coefficient (Wildman–Crippen LogP) is 8.44. The first-order chi connectivity index (χ1) is 34.8. The molecule has 0 aliphatic carbocycles. The summed E-state index contributed by atoms with van der Waals surface area (Å²) in [4.78, 5) is 61.8. The number of aryl methyl sites for hydroxylation is 1. The molecule has 20 heteroatoms. The summed E-state index contributed by atoms with van der Waals surface area (Å²) in [7, 11) is 0. The summed E-state index contributed by atoms with van der Waals surface area (Å²) in [5.74, 6) is 1.26. The number of aromatic nitrogens is 6. The number of nitrogens with one attached hydrogen (secondary N) is 1. The summed E-state index contributed by atoms with van der Waals surface area (Å²) in [5.41, 5.74) is 0.989. The van der Waals surface area contributed by atoms with Crippen LogP contribution in [-0.4, -0.2) is 94.4 Å². The third-order valence-corrected chi connectivity index (χ3v) is 14.2. The van der Waals surface area contributed by atoms with Crippen LogP contribution in [0.15, 0.2) is 104 Å². The average molecular weight is 1010 g/mol. The predicted molar refractivity (Wildman–Crippen MR) is 272 cm³/mol. The third kappa shape index (κ3) is 10.1. The molecule has 3 fully saturated rings. The van der Waals surface area contributed by atoms with E-state index in [9.17, 15) is 32.8 Å². The van der Waals surface area contributed by atoms with Gasteiger partial charge in [0.2, 0.25) is 17.7 Å². The van der Waals surface area contributed by atoms with E-state index in [0.29, 0.717) is 62.8 Å². The Bertz CT molecular complexity index is 3070. The van der Waals surface area contributed by atoms with Gasteiger partial charge in [0, 0.05) is 86.7 Å². The first-order valence-electron chi connectivity index (χ1n) is 24.2. The summed E-state index contributed by atoms with van der Waals surface area (Å²) < 4.78 is 51.4. The summed E-state index contributed by atoms with van der Waals surface area (Å²) in [5, 5.41) is 17.0. The number of nitrogens with zero attached hydrogens (tertiary/aromatic N) is 11. The second-order valence-corrected chi connectivity index (χ2v) is 20.1. The standard InChI is InChI=1S/C53H55F3N12O4S/c1-32(2)47(49(70)65-30-33(3)23-44(65)48(69)61-26-35-7-11-39(12-8-35)64-22-19-58-34(64)4)66-31-38(28-62-66)37-10-16-46(60-27-37)72-42-17-20-63(21-18-42)45-15-14-41(29-59-45)68-51(73)67(50(71)52(68,5)6)40-13-9-36(25-57)43(24-40)53(54,55)56/h7-16,19,22,24,27-29,31-33,42,44,47H,17-18,20-21,23,26,30H2,1-6H3,(H,61,69)/t33?,44-,47+/m0/s1. The Morgan fingerprint density at radius 2 is 1.67 bits per heavy atom. The van der Waals surface area contributed by atoms with Gasteiger partial charge in [0.1, 0.15) is 35.4 Å². The van der Waals surface area contributed by atoms with Crippen molar-refractivity contribution in [2.24, 2.45) is 11.8 Å². The molecule has 1 unspecified atom stereocenters. The molecule has 0 saturated carbocycles. The van der Waals surface area contributed by atoms with Gasteiger partial charge in [-0.05, 0) is 105 Å². The van der Waals surface area contributed by atoms with E-state index in [0.717, 1.165) is 45.2 Å². The number of pyridine rings is 2. The highest BCUT2D eigenvalue weighted by molar-refractivity contribution is 7.81. The summed E-state index contributed by atoms with van der Waals surface area (Å²) in [6, 6.07) is 18.7. The van der Waals surface area contributed by atoms with Gasteiger partial charge in [-0.2, -0.15) is 23.5 Å². The lowest BCUT2D eigenvalue weighted by Crippen LogP contribution is -2.48. The maximum absolute atomic E-state index is 14.4. The van der Waals surface area contributed by atoms with Gasteiger partial charge in [-0.3, -0.25) is 24.0 Å². The smallest absolute Gasteiger partial charge is 0.417 e. The van der Waals surface area contributed by atoms with E-state index in [-0.39, 0.29) is 40.6 Å². The van der Waals surface area contributed by atoms with E-state index in [4.69, 9.17) is 17.0 Å². The minimum Gasteiger partial charge on any atom is -0.474 e. The fourth-order valence-electron chi connectivity index (χ4n) is 9.93. The number of hydrogen-bond donors (Lipinski definition) is 1. The monoisotopic (exact) mass is 1010 g/mol. The zero-order valence-corrected chi connectivity index (χ0v) is 42.1. The van der Waals surface area contributed by atoms with Crippen LogP contribution >= 0.6 is 12.2 Å². The third-order valence-electron chi connectivity index (χ3n) is 13.8. The SMILES string of the molecule is Cc1nccn1-c1ccc(CNC(=O)[C@@H]2CC(C)CN2C(=O)[C@@H](C(C)C)n2cc(-c3ccc(OC4CCN(c5ccc(N6C(=S)N(c7ccc(C#N)c(C(F)(F)F)c7)C(=O)C6(C)C)cn5)CC4)nc3)cn2)cc1. The minimum absolute atomic E-state index is 0.00902. The van der Waals surface area contributed by atoms with Crippen molar-refractivity contribution in [1.29, 1.82) is 5.26 Å². The van der Waals surface area contributed by atoms with Crippen LogP contribution in [0.5, 0.6) is 5.88 Å². The molecule has 4 aromatic heterocycles. The van der Waals surface area contributed by atoms with Crippen molar-refractivity contribution in [1.82, 2.24) is 39.5 Å². The molecule has 73 heavy (non-hydrogen) atoms. The zero-order chi connectivity index (χ0) is 51.9. The number of rotatable bonds is 13. The van der Waals surface area contributed by atoms with E-state index >= 15 is 0 Å². The van der Waals surface area contributed by atoms with E-state index in [1.165, 1.54) is 6.07 Å². The molecule has 0 radical (unpaired) electrons. The fraction of sp³-hybridized carbons (Fsp3) is 0.377. The summed E-state index contributed by atoms with van der Waals surface area (Å²) in [6.45, 7) is 13.4. The Labute approximate surface area is 426 Å². The molecule has 3 aliphatic heterocycles. The topological polar surface area (TPSA) is 171 Å². The zero-order valence-electron chi connectivity index (χ0n) is 41.2. The molecule has 3 atom stereocenters. The molecule has 1 N–H and O–H groups in total. The normalized spacial score (nSPS) is 18.6. The van der Waals surface area contributed by atoms with E-state index in [1.807, 2.05) is 80.2 Å². The van der Waals surface area contributed by atoms with Crippen LogP contribution in [0.4, 0.5) is 30.4 Å². The van der Waals surface area contributed by atoms with Gasteiger partial charge in [0.05, 0.1) is 41.0 Å². The molecule has 3 amide bonds. The number of anilines is 3. The molecule has 0 spiro atoms. The number of hydrogen-bond acceptors (Lipinski definition) is 11. The van der Waals surface area contributed by atoms with Gasteiger partial charge in [0.15, 0.2) is 5.11 Å². The lowest BCUT2D eigenvalue weighted by Gasteiger charge is -2.33. The van der Waals surface area contributed by atoms with E-state index < -0.39 is 40.8 Å². The van der Waals surface area contributed by atoms with E-state index in [2.05, 4.69) is 37.2 Å². The molecule has 378 valence electrons. The number of piperidine rings is 1. The Morgan fingerprint density at radius 3 is 2.30 bits per heavy atom. The van der Waals surface area contributed by atoms with Crippen LogP contribution in [0.2, 0.25) is 0 Å². The molecule has 3 aliphatic rings. The number of amides is 3. The summed E-state index contributed by atoms with van der Waals surface area (Å²) in [6.07, 6.45) is 7.61. The molecule has 6 aromatic rings. The molecule has 16 nitrogen and oxygen atoms in total. The largest absolute Gasteiger partial charge is 0.474 e. The second-order valence-electron chi connectivity index (χ2n) is 19.7. The van der Waals surface area contributed by atoms with Crippen LogP contribution < -0.4 is 24.8 Å². The van der Waals surface area contributed by atoms with Gasteiger partial charge >= 0.3 is 6.18 Å². The van der Waals surface area contributed by atoms with Crippen molar-refractivity contribution >= 4 is 52.2 Å². The van der Waals surface area contributed by atoms with Gasteiger partial charge in [-0.15, -0.1) is 0 Å². The molecule has 2 aromatic carbocycles. The van der Waals surface area contributed by atoms with Gasteiger partial charge in [-0.25, -0.2) is 15.0 Å². The van der Waals surface area contributed by atoms with E-state index in [1.54, 1.807) is 65.3 Å². The Kier molecular flexibility index (Phi) is 13.8. The highest BCUT2D eigenvalue weighted by atomic mass is 32.1. The molecule has 0 bridgehead atoms. The van der Waals surface area contributed by atoms with Gasteiger partial charge < -0.3 is 29.3 Å². The maximum atomic E-state index is 14.4. The van der Waals surface area contributed by atoms with Crippen LogP contribution in [0.3, 0.4) is 0 Å². The lowest BCUT2D eigenvalue weighted by atomic mass is 10.0. The Morgan fingerprint density at radius 1 is 0.945 bits per heavy atom. The van der Waals surface area contributed by atoms with Crippen molar-refractivity contribution in [3.05, 3.63) is 126 Å². The van der Waals surface area contributed by atoms with Crippen molar-refractivity contribution in [2.45, 2.75) is 97.3 Å². The Balaban J connectivity index is 0.783. The van der Waals surface area contributed by atoms with Crippen molar-refractivity contribution in [3.63, 3.8) is 0 Å². The first kappa shape index (κ1) is 50.3. The number of nitriles is 1. The van der Waals surface area contributed by atoms with Crippen molar-refractivity contribution < 1.29 is 32.3 Å². The number of likely N-dealkylation sites (tertiary alicyclic amines) is 1. The molecular formula is C53H55F3N12O4S. The number of ether oxygens (including phenoxy) is 1. The second kappa shape index (κ2) is 20.1. The first-order valence-corrected chi connectivity index (χ1v) is 24.6. The number of imidazole rings is 1. The number of benzene rings is 2. The molecular weight excluding hydrogens is 958 g/mol. The van der Waals surface area contributed by atoms with Crippen LogP contribution in [0, 0.1) is 30.1 Å².